The van der Waals surface area contributed by atoms with E-state index in [9.17, 15) is 19.1 Å². The van der Waals surface area contributed by atoms with Crippen molar-refractivity contribution in [3.8, 4) is 0 Å². The number of nitro groups is 1. The molecule has 0 saturated carbocycles. The van der Waals surface area contributed by atoms with Gasteiger partial charge in [0, 0.05) is 61.6 Å². The summed E-state index contributed by atoms with van der Waals surface area (Å²) in [7, 11) is 0.213. The van der Waals surface area contributed by atoms with Crippen molar-refractivity contribution in [2.24, 2.45) is 0 Å². The van der Waals surface area contributed by atoms with Gasteiger partial charge in [-0.3, -0.25) is 14.3 Å². The molecule has 0 unspecified atom stereocenters. The zero-order chi connectivity index (χ0) is 18.7. The quantitative estimate of drug-likeness (QED) is 0.398. The Balaban J connectivity index is 2.10. The van der Waals surface area contributed by atoms with E-state index in [-0.39, 0.29) is 17.5 Å². The smallest absolute Gasteiger partial charge is 0.364 e. The molecule has 2 fully saturated rings. The summed E-state index contributed by atoms with van der Waals surface area (Å²) in [6.45, 7) is 3.44. The first kappa shape index (κ1) is 18.5. The predicted molar refractivity (Wildman–Crippen MR) is 95.2 cm³/mol. The number of aromatic nitrogens is 2. The number of rotatable bonds is 4. The Kier molecular flexibility index (Phi) is 5.61. The van der Waals surface area contributed by atoms with Crippen molar-refractivity contribution in [2.75, 3.05) is 67.7 Å². The number of anilines is 2. The van der Waals surface area contributed by atoms with Crippen molar-refractivity contribution in [1.82, 2.24) is 15.3 Å². The highest BCUT2D eigenvalue weighted by Crippen LogP contribution is 2.32. The summed E-state index contributed by atoms with van der Waals surface area (Å²) >= 11 is 0. The van der Waals surface area contributed by atoms with E-state index in [1.165, 1.54) is 0 Å². The first-order valence-electron chi connectivity index (χ1n) is 8.21. The van der Waals surface area contributed by atoms with Crippen LogP contribution in [0.25, 0.3) is 0 Å². The van der Waals surface area contributed by atoms with Gasteiger partial charge in [-0.1, -0.05) is 0 Å². The van der Waals surface area contributed by atoms with Crippen LogP contribution in [0.4, 0.5) is 17.5 Å². The van der Waals surface area contributed by atoms with E-state index in [2.05, 4.69) is 15.3 Å². The van der Waals surface area contributed by atoms with Gasteiger partial charge in [0.2, 0.25) is 17.5 Å². The highest BCUT2D eigenvalue weighted by Gasteiger charge is 2.35. The molecule has 142 valence electrons. The third-order valence-corrected chi connectivity index (χ3v) is 5.57. The summed E-state index contributed by atoms with van der Waals surface area (Å²) in [5.74, 6) is 0.266. The largest absolute Gasteiger partial charge is 0.464 e. The minimum absolute atomic E-state index is 0.0793. The van der Waals surface area contributed by atoms with Gasteiger partial charge in [-0.15, -0.1) is 0 Å². The van der Waals surface area contributed by atoms with Gasteiger partial charge < -0.3 is 19.9 Å². The molecule has 26 heavy (non-hydrogen) atoms. The van der Waals surface area contributed by atoms with E-state index in [1.54, 1.807) is 4.90 Å². The number of methoxy groups -OCH3 is 1. The van der Waals surface area contributed by atoms with E-state index in [4.69, 9.17) is 4.74 Å². The minimum Gasteiger partial charge on any atom is -0.464 e. The monoisotopic (exact) mass is 384 g/mol. The third kappa shape index (κ3) is 3.75. The Morgan fingerprint density at radius 2 is 1.85 bits per heavy atom. The van der Waals surface area contributed by atoms with Gasteiger partial charge in [0.05, 0.1) is 12.0 Å². The number of nitrogens with zero attached hydrogens (tertiary/aromatic N) is 5. The van der Waals surface area contributed by atoms with E-state index >= 15 is 0 Å². The summed E-state index contributed by atoms with van der Waals surface area (Å²) in [5, 5.41) is 14.9. The fraction of sp³-hybridized carbons (Fsp3) is 0.643. The molecule has 2 aliphatic rings. The first-order chi connectivity index (χ1) is 12.5. The summed E-state index contributed by atoms with van der Waals surface area (Å²) in [6, 6.07) is 0. The molecule has 1 N–H and O–H groups in total. The zero-order valence-corrected chi connectivity index (χ0v) is 15.2. The maximum Gasteiger partial charge on any atom is 0.364 e. The fourth-order valence-corrected chi connectivity index (χ4v) is 3.97. The van der Waals surface area contributed by atoms with Crippen LogP contribution in [-0.4, -0.2) is 83.0 Å². The van der Waals surface area contributed by atoms with E-state index in [0.717, 1.165) is 20.2 Å². The number of nitrogens with one attached hydrogen (secondary N) is 1. The maximum atomic E-state index is 12.1. The van der Waals surface area contributed by atoms with Gasteiger partial charge >= 0.3 is 11.7 Å². The van der Waals surface area contributed by atoms with Crippen LogP contribution in [0, 0.1) is 10.1 Å². The lowest BCUT2D eigenvalue weighted by Crippen LogP contribution is -2.45. The molecule has 2 saturated heterocycles. The van der Waals surface area contributed by atoms with E-state index in [1.807, 2.05) is 4.90 Å². The molecule has 1 aromatic rings. The molecule has 0 radical (unpaired) electrons. The Morgan fingerprint density at radius 1 is 1.19 bits per heavy atom. The van der Waals surface area contributed by atoms with Crippen molar-refractivity contribution in [2.45, 2.75) is 0 Å². The number of esters is 1. The molecule has 0 atom stereocenters. The standard InChI is InChI=1S/C14H20N6O5S/c1-25-13(21)10-11(20(22)23)12(18-6-8-26(24)9-7-18)17-14(16-10)19-4-2-15-3-5-19/h15H,2-9H2,1H3. The highest BCUT2D eigenvalue weighted by molar-refractivity contribution is 7.85. The molecule has 0 bridgehead atoms. The molecule has 3 rings (SSSR count). The average Bonchev–Trinajstić information content (AvgIpc) is 2.67. The molecule has 0 spiro atoms. The van der Waals surface area contributed by atoms with Crippen LogP contribution in [0.3, 0.4) is 0 Å². The molecular weight excluding hydrogens is 364 g/mol. The van der Waals surface area contributed by atoms with Gasteiger partial charge in [0.15, 0.2) is 0 Å². The molecule has 1 aromatic heterocycles. The molecule has 0 aliphatic carbocycles. The van der Waals surface area contributed by atoms with Gasteiger partial charge in [0.1, 0.15) is 0 Å². The number of carbonyl (C=O) groups is 1. The van der Waals surface area contributed by atoms with Gasteiger partial charge in [-0.2, -0.15) is 9.97 Å². The summed E-state index contributed by atoms with van der Waals surface area (Å²) in [4.78, 5) is 35.3. The van der Waals surface area contributed by atoms with Crippen molar-refractivity contribution in [3.63, 3.8) is 0 Å². The molecule has 3 heterocycles. The Hall–Kier alpha value is -2.34. The van der Waals surface area contributed by atoms with Crippen molar-refractivity contribution < 1.29 is 18.7 Å². The molecule has 0 aromatic carbocycles. The Labute approximate surface area is 152 Å². The topological polar surface area (TPSA) is 131 Å². The van der Waals surface area contributed by atoms with Crippen LogP contribution in [0.5, 0.6) is 0 Å². The number of ether oxygens (including phenoxy) is 1. The number of hydrogen-bond acceptors (Lipinski definition) is 10. The number of hydrogen-bond donors (Lipinski definition) is 1. The number of piperazine rings is 1. The van der Waals surface area contributed by atoms with Gasteiger partial charge in [0.25, 0.3) is 0 Å². The zero-order valence-electron chi connectivity index (χ0n) is 14.3. The maximum absolute atomic E-state index is 12.1. The van der Waals surface area contributed by atoms with Crippen LogP contribution in [0.15, 0.2) is 0 Å². The lowest BCUT2D eigenvalue weighted by molar-refractivity contribution is -0.384. The van der Waals surface area contributed by atoms with E-state index < -0.39 is 27.4 Å². The second-order valence-corrected chi connectivity index (χ2v) is 7.56. The van der Waals surface area contributed by atoms with Gasteiger partial charge in [-0.05, 0) is 0 Å². The lowest BCUT2D eigenvalue weighted by atomic mass is 10.3. The van der Waals surface area contributed by atoms with Crippen LogP contribution in [-0.2, 0) is 15.5 Å². The van der Waals surface area contributed by atoms with Crippen LogP contribution in [0.1, 0.15) is 10.5 Å². The summed E-state index contributed by atoms with van der Waals surface area (Å²) in [6.07, 6.45) is 0. The van der Waals surface area contributed by atoms with Crippen LogP contribution in [0.2, 0.25) is 0 Å². The van der Waals surface area contributed by atoms with Gasteiger partial charge in [-0.25, -0.2) is 4.79 Å². The minimum atomic E-state index is -0.943. The Bertz CT molecular complexity index is 729. The van der Waals surface area contributed by atoms with Crippen molar-refractivity contribution >= 4 is 34.2 Å². The summed E-state index contributed by atoms with van der Waals surface area (Å²) < 4.78 is 16.3. The molecule has 11 nitrogen and oxygen atoms in total. The first-order valence-corrected chi connectivity index (χ1v) is 9.70. The highest BCUT2D eigenvalue weighted by atomic mass is 32.2. The van der Waals surface area contributed by atoms with Crippen LogP contribution < -0.4 is 15.1 Å². The molecule has 2 aliphatic heterocycles. The molecular formula is C14H20N6O5S. The summed E-state index contributed by atoms with van der Waals surface area (Å²) in [5.41, 5.74) is -0.828. The fourth-order valence-electron chi connectivity index (χ4n) is 2.92. The second-order valence-electron chi connectivity index (χ2n) is 5.87. The average molecular weight is 384 g/mol. The SMILES string of the molecule is COC(=O)c1nc(N2CCNCC2)nc(N2CCS(=O)CC2)c1[N+](=O)[O-]. The van der Waals surface area contributed by atoms with Crippen LogP contribution >= 0.6 is 0 Å². The van der Waals surface area contributed by atoms with Crippen molar-refractivity contribution in [1.29, 1.82) is 0 Å². The number of carbonyl (C=O) groups excluding carboxylic acids is 1. The van der Waals surface area contributed by atoms with E-state index in [0.29, 0.717) is 37.7 Å². The second kappa shape index (κ2) is 7.91. The molecule has 12 heteroatoms. The molecule has 0 amide bonds. The third-order valence-electron chi connectivity index (χ3n) is 4.29. The normalized spacial score (nSPS) is 18.7. The van der Waals surface area contributed by atoms with Crippen molar-refractivity contribution in [3.05, 3.63) is 15.8 Å². The predicted octanol–water partition coefficient (Wildman–Crippen LogP) is -0.850. The Morgan fingerprint density at radius 3 is 2.42 bits per heavy atom. The lowest BCUT2D eigenvalue weighted by Gasteiger charge is -2.30.